The summed E-state index contributed by atoms with van der Waals surface area (Å²) in [6, 6.07) is 8.13. The van der Waals surface area contributed by atoms with Gasteiger partial charge >= 0.3 is 0 Å². The SMILES string of the molecule is CN1C(=O)[C@@H](NC(=O)c2cc(CN3CCCCC3)on2)COc2ccccc21. The van der Waals surface area contributed by atoms with Crippen LogP contribution in [0.5, 0.6) is 5.75 Å². The quantitative estimate of drug-likeness (QED) is 0.865. The Morgan fingerprint density at radius 2 is 2.04 bits per heavy atom. The highest BCUT2D eigenvalue weighted by Gasteiger charge is 2.31. The van der Waals surface area contributed by atoms with E-state index in [2.05, 4.69) is 15.4 Å². The monoisotopic (exact) mass is 384 g/mol. The van der Waals surface area contributed by atoms with Gasteiger partial charge in [-0.2, -0.15) is 0 Å². The first kappa shape index (κ1) is 18.5. The predicted molar refractivity (Wildman–Crippen MR) is 102 cm³/mol. The van der Waals surface area contributed by atoms with Gasteiger partial charge in [0.2, 0.25) is 0 Å². The first-order valence-electron chi connectivity index (χ1n) is 9.60. The molecule has 1 fully saturated rings. The van der Waals surface area contributed by atoms with Crippen molar-refractivity contribution in [2.75, 3.05) is 31.6 Å². The van der Waals surface area contributed by atoms with Crippen LogP contribution in [0.4, 0.5) is 5.69 Å². The fraction of sp³-hybridized carbons (Fsp3) is 0.450. The first-order valence-corrected chi connectivity index (χ1v) is 9.60. The molecule has 28 heavy (non-hydrogen) atoms. The van der Waals surface area contributed by atoms with Gasteiger partial charge in [-0.15, -0.1) is 0 Å². The van der Waals surface area contributed by atoms with E-state index in [0.29, 0.717) is 23.7 Å². The highest BCUT2D eigenvalue weighted by atomic mass is 16.5. The lowest BCUT2D eigenvalue weighted by molar-refractivity contribution is -0.120. The van der Waals surface area contributed by atoms with Crippen molar-refractivity contribution in [3.05, 3.63) is 41.8 Å². The minimum Gasteiger partial charge on any atom is -0.489 e. The highest BCUT2D eigenvalue weighted by Crippen LogP contribution is 2.29. The molecule has 148 valence electrons. The van der Waals surface area contributed by atoms with Gasteiger partial charge in [0.15, 0.2) is 11.5 Å². The van der Waals surface area contributed by atoms with E-state index in [0.717, 1.165) is 13.1 Å². The molecule has 2 aliphatic rings. The van der Waals surface area contributed by atoms with Crippen LogP contribution in [0.2, 0.25) is 0 Å². The molecule has 4 rings (SSSR count). The largest absolute Gasteiger partial charge is 0.489 e. The van der Waals surface area contributed by atoms with Crippen molar-refractivity contribution in [1.29, 1.82) is 0 Å². The molecule has 8 heteroatoms. The Hall–Kier alpha value is -2.87. The van der Waals surface area contributed by atoms with Crippen molar-refractivity contribution < 1.29 is 18.8 Å². The zero-order chi connectivity index (χ0) is 19.5. The Balaban J connectivity index is 1.40. The molecular formula is C20H24N4O4. The van der Waals surface area contributed by atoms with Gasteiger partial charge < -0.3 is 19.5 Å². The number of amides is 2. The van der Waals surface area contributed by atoms with E-state index in [4.69, 9.17) is 9.26 Å². The Morgan fingerprint density at radius 3 is 2.86 bits per heavy atom. The Kier molecular flexibility index (Phi) is 5.29. The van der Waals surface area contributed by atoms with Gasteiger partial charge in [-0.1, -0.05) is 23.7 Å². The zero-order valence-corrected chi connectivity index (χ0v) is 15.9. The van der Waals surface area contributed by atoms with E-state index in [1.807, 2.05) is 18.2 Å². The number of carbonyl (C=O) groups is 2. The second kappa shape index (κ2) is 8.02. The minimum atomic E-state index is -0.799. The van der Waals surface area contributed by atoms with Crippen molar-refractivity contribution >= 4 is 17.5 Å². The van der Waals surface area contributed by atoms with Gasteiger partial charge in [-0.25, -0.2) is 0 Å². The lowest BCUT2D eigenvalue weighted by Gasteiger charge is -2.24. The average Bonchev–Trinajstić information content (AvgIpc) is 3.15. The number of carbonyl (C=O) groups excluding carboxylic acids is 2. The molecule has 1 N–H and O–H groups in total. The predicted octanol–water partition coefficient (Wildman–Crippen LogP) is 1.81. The fourth-order valence-corrected chi connectivity index (χ4v) is 3.62. The van der Waals surface area contributed by atoms with Gasteiger partial charge in [-0.05, 0) is 38.1 Å². The number of ether oxygens (including phenoxy) is 1. The van der Waals surface area contributed by atoms with Gasteiger partial charge in [0.1, 0.15) is 18.4 Å². The van der Waals surface area contributed by atoms with Crippen LogP contribution >= 0.6 is 0 Å². The molecule has 2 aliphatic heterocycles. The van der Waals surface area contributed by atoms with Gasteiger partial charge in [-0.3, -0.25) is 14.5 Å². The summed E-state index contributed by atoms with van der Waals surface area (Å²) in [5, 5.41) is 6.59. The number of hydrogen-bond donors (Lipinski definition) is 1. The number of rotatable bonds is 4. The zero-order valence-electron chi connectivity index (χ0n) is 15.9. The van der Waals surface area contributed by atoms with E-state index in [9.17, 15) is 9.59 Å². The number of likely N-dealkylation sites (N-methyl/N-ethyl adjacent to an activating group) is 1. The van der Waals surface area contributed by atoms with Gasteiger partial charge in [0.05, 0.1) is 12.2 Å². The molecular weight excluding hydrogens is 360 g/mol. The number of aromatic nitrogens is 1. The second-order valence-electron chi connectivity index (χ2n) is 7.22. The molecule has 2 amide bonds. The van der Waals surface area contributed by atoms with E-state index < -0.39 is 11.9 Å². The molecule has 1 aromatic heterocycles. The maximum absolute atomic E-state index is 12.7. The van der Waals surface area contributed by atoms with Gasteiger partial charge in [0.25, 0.3) is 11.8 Å². The average molecular weight is 384 g/mol. The molecule has 0 spiro atoms. The minimum absolute atomic E-state index is 0.0599. The van der Waals surface area contributed by atoms with E-state index in [1.54, 1.807) is 19.2 Å². The summed E-state index contributed by atoms with van der Waals surface area (Å²) in [5.41, 5.74) is 0.846. The van der Waals surface area contributed by atoms with Crippen LogP contribution in [0.1, 0.15) is 35.5 Å². The number of anilines is 1. The van der Waals surface area contributed by atoms with Crippen LogP contribution in [0.25, 0.3) is 0 Å². The molecule has 0 unspecified atom stereocenters. The van der Waals surface area contributed by atoms with Crippen molar-refractivity contribution in [3.8, 4) is 5.75 Å². The third kappa shape index (κ3) is 3.87. The first-order chi connectivity index (χ1) is 13.6. The molecule has 0 aliphatic carbocycles. The van der Waals surface area contributed by atoms with Crippen LogP contribution < -0.4 is 15.0 Å². The summed E-state index contributed by atoms with van der Waals surface area (Å²) in [6.45, 7) is 2.76. The van der Waals surface area contributed by atoms with Crippen LogP contribution in [0.15, 0.2) is 34.9 Å². The summed E-state index contributed by atoms with van der Waals surface area (Å²) >= 11 is 0. The molecule has 3 heterocycles. The Labute approximate surface area is 163 Å². The van der Waals surface area contributed by atoms with Crippen LogP contribution in [0, 0.1) is 0 Å². The molecule has 0 saturated carbocycles. The molecule has 0 radical (unpaired) electrons. The number of nitrogens with one attached hydrogen (secondary N) is 1. The summed E-state index contributed by atoms with van der Waals surface area (Å²) in [6.07, 6.45) is 3.62. The lowest BCUT2D eigenvalue weighted by Crippen LogP contribution is -2.49. The van der Waals surface area contributed by atoms with Crippen molar-refractivity contribution in [3.63, 3.8) is 0 Å². The van der Waals surface area contributed by atoms with E-state index >= 15 is 0 Å². The smallest absolute Gasteiger partial charge is 0.274 e. The number of hydrogen-bond acceptors (Lipinski definition) is 6. The standard InChI is InChI=1S/C20H24N4O4/c1-23-17-7-3-4-8-18(17)27-13-16(20(23)26)21-19(25)15-11-14(28-22-15)12-24-9-5-2-6-10-24/h3-4,7-8,11,16H,2,5-6,9-10,12-13H2,1H3,(H,21,25)/t16-/m0/s1. The van der Waals surface area contributed by atoms with Crippen LogP contribution in [0.3, 0.4) is 0 Å². The number of fused-ring (bicyclic) bond motifs is 1. The summed E-state index contributed by atoms with van der Waals surface area (Å²) in [5.74, 6) is 0.575. The molecule has 8 nitrogen and oxygen atoms in total. The van der Waals surface area contributed by atoms with Gasteiger partial charge in [0, 0.05) is 13.1 Å². The third-order valence-electron chi connectivity index (χ3n) is 5.19. The Morgan fingerprint density at radius 1 is 1.25 bits per heavy atom. The topological polar surface area (TPSA) is 87.9 Å². The van der Waals surface area contributed by atoms with Crippen molar-refractivity contribution in [1.82, 2.24) is 15.4 Å². The number of piperidine rings is 1. The molecule has 2 aromatic rings. The lowest BCUT2D eigenvalue weighted by atomic mass is 10.1. The highest BCUT2D eigenvalue weighted by molar-refractivity contribution is 6.02. The molecule has 1 atom stereocenters. The van der Waals surface area contributed by atoms with Crippen LogP contribution in [-0.4, -0.2) is 54.7 Å². The third-order valence-corrected chi connectivity index (χ3v) is 5.19. The number of para-hydroxylation sites is 2. The molecule has 1 aromatic carbocycles. The van der Waals surface area contributed by atoms with Crippen molar-refractivity contribution in [2.24, 2.45) is 0 Å². The summed E-state index contributed by atoms with van der Waals surface area (Å²) < 4.78 is 11.0. The molecule has 1 saturated heterocycles. The van der Waals surface area contributed by atoms with Crippen molar-refractivity contribution in [2.45, 2.75) is 31.8 Å². The summed E-state index contributed by atoms with van der Waals surface area (Å²) in [7, 11) is 1.67. The fourth-order valence-electron chi connectivity index (χ4n) is 3.62. The number of benzene rings is 1. The normalized spacial score (nSPS) is 20.2. The second-order valence-corrected chi connectivity index (χ2v) is 7.22. The maximum atomic E-state index is 12.7. The summed E-state index contributed by atoms with van der Waals surface area (Å²) in [4.78, 5) is 29.1. The number of nitrogens with zero attached hydrogens (tertiary/aromatic N) is 3. The number of likely N-dealkylation sites (tertiary alicyclic amines) is 1. The van der Waals surface area contributed by atoms with Crippen LogP contribution in [-0.2, 0) is 11.3 Å². The Bertz CT molecular complexity index is 859. The maximum Gasteiger partial charge on any atom is 0.274 e. The van der Waals surface area contributed by atoms with E-state index in [1.165, 1.54) is 24.2 Å². The van der Waals surface area contributed by atoms with E-state index in [-0.39, 0.29) is 18.2 Å². The molecule has 0 bridgehead atoms.